The van der Waals surface area contributed by atoms with Gasteiger partial charge in [0, 0.05) is 18.0 Å². The van der Waals surface area contributed by atoms with Crippen molar-refractivity contribution in [1.29, 1.82) is 0 Å². The minimum atomic E-state index is -0.413. The third-order valence-corrected chi connectivity index (χ3v) is 4.93. The SMILES string of the molecule is O=C(NCC[C@@H]1CC[C@H](NC(=O)C2CC2)[C@H](CO)O1)c1ccc(F)cc1. The molecule has 0 aromatic heterocycles. The molecule has 0 spiro atoms. The molecule has 1 saturated heterocycles. The van der Waals surface area contributed by atoms with Gasteiger partial charge in [0.25, 0.3) is 5.91 Å². The highest BCUT2D eigenvalue weighted by Gasteiger charge is 2.36. The van der Waals surface area contributed by atoms with Gasteiger partial charge in [-0.1, -0.05) is 0 Å². The number of aliphatic hydroxyl groups excluding tert-OH is 1. The van der Waals surface area contributed by atoms with Crippen LogP contribution in [-0.4, -0.2) is 48.3 Å². The van der Waals surface area contributed by atoms with Crippen molar-refractivity contribution in [3.8, 4) is 0 Å². The average molecular weight is 364 g/mol. The molecule has 1 aliphatic heterocycles. The van der Waals surface area contributed by atoms with Crippen LogP contribution in [0.3, 0.4) is 0 Å². The number of carbonyl (C=O) groups excluding carboxylic acids is 2. The van der Waals surface area contributed by atoms with Gasteiger partial charge in [-0.15, -0.1) is 0 Å². The summed E-state index contributed by atoms with van der Waals surface area (Å²) in [6, 6.07) is 5.23. The zero-order valence-corrected chi connectivity index (χ0v) is 14.6. The molecule has 0 unspecified atom stereocenters. The normalized spacial score (nSPS) is 25.5. The first-order chi connectivity index (χ1) is 12.6. The number of amides is 2. The molecule has 142 valence electrons. The Morgan fingerprint density at radius 2 is 1.88 bits per heavy atom. The van der Waals surface area contributed by atoms with Gasteiger partial charge in [0.05, 0.1) is 18.8 Å². The van der Waals surface area contributed by atoms with E-state index in [1.54, 1.807) is 0 Å². The van der Waals surface area contributed by atoms with Crippen molar-refractivity contribution in [3.05, 3.63) is 35.6 Å². The van der Waals surface area contributed by atoms with E-state index in [2.05, 4.69) is 10.6 Å². The topological polar surface area (TPSA) is 87.7 Å². The highest BCUT2D eigenvalue weighted by atomic mass is 19.1. The second-order valence-corrected chi connectivity index (χ2v) is 7.00. The molecule has 1 saturated carbocycles. The van der Waals surface area contributed by atoms with Gasteiger partial charge in [-0.25, -0.2) is 4.39 Å². The van der Waals surface area contributed by atoms with Crippen LogP contribution >= 0.6 is 0 Å². The van der Waals surface area contributed by atoms with Crippen LogP contribution < -0.4 is 10.6 Å². The smallest absolute Gasteiger partial charge is 0.251 e. The Morgan fingerprint density at radius 3 is 2.54 bits per heavy atom. The number of ether oxygens (including phenoxy) is 1. The van der Waals surface area contributed by atoms with Crippen LogP contribution in [0.2, 0.25) is 0 Å². The molecule has 2 aliphatic rings. The molecule has 1 aromatic rings. The predicted molar refractivity (Wildman–Crippen MR) is 93.0 cm³/mol. The first kappa shape index (κ1) is 18.8. The molecule has 1 heterocycles. The predicted octanol–water partition coefficient (Wildman–Crippen LogP) is 1.38. The maximum Gasteiger partial charge on any atom is 0.251 e. The number of halogens is 1. The Hall–Kier alpha value is -1.99. The Kier molecular flexibility index (Phi) is 6.21. The molecular weight excluding hydrogens is 339 g/mol. The van der Waals surface area contributed by atoms with E-state index < -0.39 is 6.10 Å². The number of nitrogens with one attached hydrogen (secondary N) is 2. The maximum atomic E-state index is 12.9. The van der Waals surface area contributed by atoms with Gasteiger partial charge in [0.2, 0.25) is 5.91 Å². The Balaban J connectivity index is 1.41. The third-order valence-electron chi connectivity index (χ3n) is 4.93. The summed E-state index contributed by atoms with van der Waals surface area (Å²) in [6.07, 6.45) is 3.53. The summed E-state index contributed by atoms with van der Waals surface area (Å²) in [6.45, 7) is 0.284. The minimum Gasteiger partial charge on any atom is -0.394 e. The second-order valence-electron chi connectivity index (χ2n) is 7.00. The summed E-state index contributed by atoms with van der Waals surface area (Å²) in [5.41, 5.74) is 0.409. The lowest BCUT2D eigenvalue weighted by Crippen LogP contribution is -2.51. The van der Waals surface area contributed by atoms with Crippen LogP contribution in [0.15, 0.2) is 24.3 Å². The molecule has 6 nitrogen and oxygen atoms in total. The summed E-state index contributed by atoms with van der Waals surface area (Å²) in [5, 5.41) is 15.3. The molecule has 26 heavy (non-hydrogen) atoms. The van der Waals surface area contributed by atoms with Crippen LogP contribution in [0, 0.1) is 11.7 Å². The van der Waals surface area contributed by atoms with Crippen LogP contribution in [0.5, 0.6) is 0 Å². The maximum absolute atomic E-state index is 12.9. The summed E-state index contributed by atoms with van der Waals surface area (Å²) >= 11 is 0. The van der Waals surface area contributed by atoms with Crippen molar-refractivity contribution in [2.45, 2.75) is 50.4 Å². The molecule has 0 radical (unpaired) electrons. The zero-order chi connectivity index (χ0) is 18.5. The lowest BCUT2D eigenvalue weighted by Gasteiger charge is -2.36. The van der Waals surface area contributed by atoms with Gasteiger partial charge in [-0.2, -0.15) is 0 Å². The molecule has 3 atom stereocenters. The van der Waals surface area contributed by atoms with Crippen LogP contribution in [0.25, 0.3) is 0 Å². The van der Waals surface area contributed by atoms with Crippen molar-refractivity contribution < 1.29 is 23.8 Å². The highest BCUT2D eigenvalue weighted by molar-refractivity contribution is 5.94. The van der Waals surface area contributed by atoms with E-state index in [1.165, 1.54) is 24.3 Å². The second kappa shape index (κ2) is 8.60. The monoisotopic (exact) mass is 364 g/mol. The van der Waals surface area contributed by atoms with Crippen molar-refractivity contribution in [2.75, 3.05) is 13.2 Å². The fraction of sp³-hybridized carbons (Fsp3) is 0.579. The van der Waals surface area contributed by atoms with Crippen LogP contribution in [-0.2, 0) is 9.53 Å². The third kappa shape index (κ3) is 5.02. The molecule has 3 N–H and O–H groups in total. The number of hydrogen-bond donors (Lipinski definition) is 3. The number of rotatable bonds is 7. The summed E-state index contributed by atoms with van der Waals surface area (Å²) in [7, 11) is 0. The largest absolute Gasteiger partial charge is 0.394 e. The van der Waals surface area contributed by atoms with Gasteiger partial charge >= 0.3 is 0 Å². The fourth-order valence-corrected chi connectivity index (χ4v) is 3.21. The minimum absolute atomic E-state index is 0.0575. The molecule has 1 aromatic carbocycles. The Labute approximate surface area is 152 Å². The number of carbonyl (C=O) groups is 2. The van der Waals surface area contributed by atoms with Crippen molar-refractivity contribution in [3.63, 3.8) is 0 Å². The van der Waals surface area contributed by atoms with Gasteiger partial charge in [-0.05, 0) is 56.4 Å². The first-order valence-electron chi connectivity index (χ1n) is 9.17. The molecule has 2 fully saturated rings. The van der Waals surface area contributed by atoms with Crippen molar-refractivity contribution in [2.24, 2.45) is 5.92 Å². The van der Waals surface area contributed by atoms with Gasteiger partial charge in [0.1, 0.15) is 11.9 Å². The first-order valence-corrected chi connectivity index (χ1v) is 9.17. The molecule has 3 rings (SSSR count). The fourth-order valence-electron chi connectivity index (χ4n) is 3.21. The number of benzene rings is 1. The molecule has 1 aliphatic carbocycles. The summed E-state index contributed by atoms with van der Waals surface area (Å²) < 4.78 is 18.8. The van der Waals surface area contributed by atoms with Crippen LogP contribution in [0.1, 0.15) is 42.5 Å². The van der Waals surface area contributed by atoms with E-state index in [0.717, 1.165) is 25.7 Å². The lowest BCUT2D eigenvalue weighted by molar-refractivity contribution is -0.129. The lowest BCUT2D eigenvalue weighted by atomic mass is 9.97. The van der Waals surface area contributed by atoms with E-state index in [4.69, 9.17) is 4.74 Å². The van der Waals surface area contributed by atoms with E-state index in [9.17, 15) is 19.1 Å². The van der Waals surface area contributed by atoms with Crippen molar-refractivity contribution in [1.82, 2.24) is 10.6 Å². The Bertz CT molecular complexity index is 633. The molecule has 0 bridgehead atoms. The van der Waals surface area contributed by atoms with Gasteiger partial charge in [0.15, 0.2) is 0 Å². The van der Waals surface area contributed by atoms with Gasteiger partial charge < -0.3 is 20.5 Å². The summed E-state index contributed by atoms with van der Waals surface area (Å²) in [4.78, 5) is 23.9. The molecule has 7 heteroatoms. The molecule has 2 amide bonds. The van der Waals surface area contributed by atoms with E-state index in [0.29, 0.717) is 18.5 Å². The average Bonchev–Trinajstić information content (AvgIpc) is 3.48. The highest BCUT2D eigenvalue weighted by Crippen LogP contribution is 2.30. The number of hydrogen-bond acceptors (Lipinski definition) is 4. The van der Waals surface area contributed by atoms with Crippen molar-refractivity contribution >= 4 is 11.8 Å². The van der Waals surface area contributed by atoms with Crippen LogP contribution in [0.4, 0.5) is 4.39 Å². The number of aliphatic hydroxyl groups is 1. The van der Waals surface area contributed by atoms with E-state index >= 15 is 0 Å². The van der Waals surface area contributed by atoms with E-state index in [-0.39, 0.29) is 42.3 Å². The standard InChI is InChI=1S/C19H25FN2O4/c20-14-5-3-12(4-6-14)18(24)21-10-9-15-7-8-16(17(11-23)26-15)22-19(25)13-1-2-13/h3-6,13,15-17,23H,1-2,7-11H2,(H,21,24)(H,22,25)/t15-,16-,17-/m0/s1. The zero-order valence-electron chi connectivity index (χ0n) is 14.6. The molecular formula is C19H25FN2O4. The van der Waals surface area contributed by atoms with Gasteiger partial charge in [-0.3, -0.25) is 9.59 Å². The Morgan fingerprint density at radius 1 is 1.15 bits per heavy atom. The quantitative estimate of drug-likeness (QED) is 0.682. The van der Waals surface area contributed by atoms with E-state index in [1.807, 2.05) is 0 Å². The summed E-state index contributed by atoms with van der Waals surface area (Å²) in [5.74, 6) is -0.444.